The van der Waals surface area contributed by atoms with Gasteiger partial charge in [0.2, 0.25) is 10.0 Å². The number of benzene rings is 1. The zero-order valence-corrected chi connectivity index (χ0v) is 13.7. The van der Waals surface area contributed by atoms with Gasteiger partial charge in [0.25, 0.3) is 5.91 Å². The minimum atomic E-state index is -3.67. The van der Waals surface area contributed by atoms with E-state index in [1.807, 2.05) is 0 Å². The van der Waals surface area contributed by atoms with E-state index >= 15 is 0 Å². The molecule has 0 N–H and O–H groups in total. The van der Waals surface area contributed by atoms with Crippen LogP contribution < -0.4 is 0 Å². The molecule has 1 amide bonds. The van der Waals surface area contributed by atoms with Gasteiger partial charge in [0.15, 0.2) is 0 Å². The first-order chi connectivity index (χ1) is 11.0. The summed E-state index contributed by atoms with van der Waals surface area (Å²) < 4.78 is 39.2. The Morgan fingerprint density at radius 2 is 1.78 bits per heavy atom. The first-order valence-corrected chi connectivity index (χ1v) is 9.30. The first kappa shape index (κ1) is 16.0. The standard InChI is InChI=1S/C14H14FN3O3S2/c15-11-1-3-12(4-2-11)23(20,21)18-7-5-17(6-8-18)14(19)13-9-22-10-16-13/h1-4,9-10H,5-8H2. The van der Waals surface area contributed by atoms with Gasteiger partial charge in [0, 0.05) is 31.6 Å². The van der Waals surface area contributed by atoms with Gasteiger partial charge in [0.05, 0.1) is 10.4 Å². The molecule has 6 nitrogen and oxygen atoms in total. The summed E-state index contributed by atoms with van der Waals surface area (Å²) in [6, 6.07) is 4.73. The van der Waals surface area contributed by atoms with Crippen LogP contribution in [-0.2, 0) is 10.0 Å². The highest BCUT2D eigenvalue weighted by atomic mass is 32.2. The maximum atomic E-state index is 12.9. The van der Waals surface area contributed by atoms with Crippen molar-refractivity contribution in [2.45, 2.75) is 4.90 Å². The Bertz CT molecular complexity index is 783. The number of carbonyl (C=O) groups excluding carboxylic acids is 1. The van der Waals surface area contributed by atoms with Crippen molar-refractivity contribution in [1.82, 2.24) is 14.2 Å². The third kappa shape index (κ3) is 3.26. The summed E-state index contributed by atoms with van der Waals surface area (Å²) in [5, 5.41) is 1.67. The maximum Gasteiger partial charge on any atom is 0.273 e. The van der Waals surface area contributed by atoms with Crippen molar-refractivity contribution < 1.29 is 17.6 Å². The number of aromatic nitrogens is 1. The Morgan fingerprint density at radius 1 is 1.13 bits per heavy atom. The Labute approximate surface area is 137 Å². The van der Waals surface area contributed by atoms with Crippen LogP contribution in [0.5, 0.6) is 0 Å². The smallest absolute Gasteiger partial charge is 0.273 e. The van der Waals surface area contributed by atoms with Crippen LogP contribution in [0.3, 0.4) is 0 Å². The summed E-state index contributed by atoms with van der Waals surface area (Å²) >= 11 is 1.34. The van der Waals surface area contributed by atoms with Crippen molar-refractivity contribution in [1.29, 1.82) is 0 Å². The molecule has 1 aromatic heterocycles. The van der Waals surface area contributed by atoms with E-state index in [9.17, 15) is 17.6 Å². The number of hydrogen-bond acceptors (Lipinski definition) is 5. The van der Waals surface area contributed by atoms with Crippen LogP contribution in [0.15, 0.2) is 40.1 Å². The molecule has 0 saturated carbocycles. The van der Waals surface area contributed by atoms with Crippen molar-refractivity contribution >= 4 is 27.3 Å². The minimum Gasteiger partial charge on any atom is -0.335 e. The number of halogens is 1. The molecule has 0 aliphatic carbocycles. The quantitative estimate of drug-likeness (QED) is 0.835. The molecule has 1 saturated heterocycles. The summed E-state index contributed by atoms with van der Waals surface area (Å²) in [5.74, 6) is -0.673. The summed E-state index contributed by atoms with van der Waals surface area (Å²) in [6.45, 7) is 1.01. The lowest BCUT2D eigenvalue weighted by Gasteiger charge is -2.33. The van der Waals surface area contributed by atoms with Crippen LogP contribution in [0.2, 0.25) is 0 Å². The van der Waals surface area contributed by atoms with E-state index in [-0.39, 0.29) is 23.9 Å². The van der Waals surface area contributed by atoms with E-state index in [4.69, 9.17) is 0 Å². The fraction of sp³-hybridized carbons (Fsp3) is 0.286. The third-order valence-electron chi connectivity index (χ3n) is 3.63. The van der Waals surface area contributed by atoms with E-state index in [1.165, 1.54) is 27.8 Å². The summed E-state index contributed by atoms with van der Waals surface area (Å²) in [5.41, 5.74) is 1.97. The van der Waals surface area contributed by atoms with Gasteiger partial charge in [-0.15, -0.1) is 11.3 Å². The molecule has 23 heavy (non-hydrogen) atoms. The molecule has 1 aliphatic heterocycles. The normalized spacial score (nSPS) is 16.5. The van der Waals surface area contributed by atoms with Crippen molar-refractivity contribution in [3.63, 3.8) is 0 Å². The van der Waals surface area contributed by atoms with E-state index in [0.717, 1.165) is 12.1 Å². The highest BCUT2D eigenvalue weighted by molar-refractivity contribution is 7.89. The van der Waals surface area contributed by atoms with Gasteiger partial charge in [0.1, 0.15) is 11.5 Å². The molecular weight excluding hydrogens is 341 g/mol. The Hall–Kier alpha value is -1.84. The third-order valence-corrected chi connectivity index (χ3v) is 6.13. The number of thiazole rings is 1. The number of sulfonamides is 1. The average molecular weight is 355 g/mol. The van der Waals surface area contributed by atoms with Crippen LogP contribution in [0.25, 0.3) is 0 Å². The van der Waals surface area contributed by atoms with E-state index in [1.54, 1.807) is 15.8 Å². The molecule has 0 unspecified atom stereocenters. The molecule has 122 valence electrons. The van der Waals surface area contributed by atoms with Crippen LogP contribution in [0.4, 0.5) is 4.39 Å². The van der Waals surface area contributed by atoms with E-state index in [0.29, 0.717) is 18.8 Å². The lowest BCUT2D eigenvalue weighted by Crippen LogP contribution is -2.50. The molecule has 2 heterocycles. The van der Waals surface area contributed by atoms with Crippen LogP contribution in [0.1, 0.15) is 10.5 Å². The number of amides is 1. The highest BCUT2D eigenvalue weighted by Crippen LogP contribution is 2.18. The van der Waals surface area contributed by atoms with Gasteiger partial charge in [-0.25, -0.2) is 17.8 Å². The predicted molar refractivity (Wildman–Crippen MR) is 83.2 cm³/mol. The average Bonchev–Trinajstić information content (AvgIpc) is 3.09. The molecule has 3 rings (SSSR count). The molecule has 2 aromatic rings. The molecular formula is C14H14FN3O3S2. The Morgan fingerprint density at radius 3 is 2.35 bits per heavy atom. The summed E-state index contributed by atoms with van der Waals surface area (Å²) in [7, 11) is -3.67. The van der Waals surface area contributed by atoms with Crippen molar-refractivity contribution in [3.8, 4) is 0 Å². The monoisotopic (exact) mass is 355 g/mol. The summed E-state index contributed by atoms with van der Waals surface area (Å²) in [4.78, 5) is 17.8. The molecule has 9 heteroatoms. The molecule has 0 radical (unpaired) electrons. The fourth-order valence-electron chi connectivity index (χ4n) is 2.37. The van der Waals surface area contributed by atoms with Gasteiger partial charge >= 0.3 is 0 Å². The second kappa shape index (κ2) is 6.34. The number of hydrogen-bond donors (Lipinski definition) is 0. The molecule has 1 aromatic carbocycles. The largest absolute Gasteiger partial charge is 0.335 e. The maximum absolute atomic E-state index is 12.9. The van der Waals surface area contributed by atoms with Crippen molar-refractivity contribution in [3.05, 3.63) is 46.7 Å². The van der Waals surface area contributed by atoms with Crippen molar-refractivity contribution in [2.24, 2.45) is 0 Å². The van der Waals surface area contributed by atoms with Gasteiger partial charge in [-0.1, -0.05) is 0 Å². The predicted octanol–water partition coefficient (Wildman–Crippen LogP) is 1.43. The van der Waals surface area contributed by atoms with E-state index in [2.05, 4.69) is 4.98 Å². The van der Waals surface area contributed by atoms with Crippen molar-refractivity contribution in [2.75, 3.05) is 26.2 Å². The molecule has 0 bridgehead atoms. The van der Waals surface area contributed by atoms with Gasteiger partial charge < -0.3 is 4.90 Å². The number of piperazine rings is 1. The Kier molecular flexibility index (Phi) is 4.42. The SMILES string of the molecule is O=C(c1cscn1)N1CCN(S(=O)(=O)c2ccc(F)cc2)CC1. The number of nitrogens with zero attached hydrogens (tertiary/aromatic N) is 3. The van der Waals surface area contributed by atoms with Gasteiger partial charge in [-0.2, -0.15) is 4.31 Å². The van der Waals surface area contributed by atoms with Crippen LogP contribution in [0, 0.1) is 5.82 Å². The topological polar surface area (TPSA) is 70.6 Å². The molecule has 1 fully saturated rings. The lowest BCUT2D eigenvalue weighted by atomic mass is 10.3. The van der Waals surface area contributed by atoms with Crippen LogP contribution in [-0.4, -0.2) is 54.7 Å². The summed E-state index contributed by atoms with van der Waals surface area (Å²) in [6.07, 6.45) is 0. The fourth-order valence-corrected chi connectivity index (χ4v) is 4.32. The number of carbonyl (C=O) groups is 1. The van der Waals surface area contributed by atoms with E-state index < -0.39 is 15.8 Å². The highest BCUT2D eigenvalue weighted by Gasteiger charge is 2.30. The molecule has 1 aliphatic rings. The van der Waals surface area contributed by atoms with Gasteiger partial charge in [-0.3, -0.25) is 4.79 Å². The molecule has 0 spiro atoms. The van der Waals surface area contributed by atoms with Crippen LogP contribution >= 0.6 is 11.3 Å². The minimum absolute atomic E-state index is 0.0539. The Balaban J connectivity index is 1.69. The number of rotatable bonds is 3. The van der Waals surface area contributed by atoms with Gasteiger partial charge in [-0.05, 0) is 24.3 Å². The lowest BCUT2D eigenvalue weighted by molar-refractivity contribution is 0.0693. The zero-order chi connectivity index (χ0) is 16.4. The second-order valence-corrected chi connectivity index (χ2v) is 7.68. The zero-order valence-electron chi connectivity index (χ0n) is 12.1. The first-order valence-electron chi connectivity index (χ1n) is 6.91. The molecule has 0 atom stereocenters. The second-order valence-electron chi connectivity index (χ2n) is 5.02.